The number of halogens is 1. The molecule has 0 aromatic heterocycles. The Morgan fingerprint density at radius 2 is 1.90 bits per heavy atom. The van der Waals surface area contributed by atoms with E-state index < -0.39 is 5.91 Å². The van der Waals surface area contributed by atoms with Gasteiger partial charge in [0.2, 0.25) is 0 Å². The second-order valence-corrected chi connectivity index (χ2v) is 4.89. The highest BCUT2D eigenvalue weighted by molar-refractivity contribution is 6.34. The predicted octanol–water partition coefficient (Wildman–Crippen LogP) is 2.66. The first-order valence-corrected chi connectivity index (χ1v) is 6.44. The van der Waals surface area contributed by atoms with Gasteiger partial charge in [-0.3, -0.25) is 4.79 Å². The van der Waals surface area contributed by atoms with Crippen molar-refractivity contribution in [3.05, 3.63) is 52.5 Å². The third-order valence-corrected chi connectivity index (χ3v) is 3.36. The first kappa shape index (κ1) is 14.7. The van der Waals surface area contributed by atoms with Gasteiger partial charge in [-0.05, 0) is 36.4 Å². The van der Waals surface area contributed by atoms with Crippen LogP contribution in [-0.4, -0.2) is 13.0 Å². The van der Waals surface area contributed by atoms with Crippen LogP contribution in [0, 0.1) is 11.3 Å². The Morgan fingerprint density at radius 3 is 2.43 bits per heavy atom. The number of nitrogen functional groups attached to an aromatic ring is 1. The number of carbonyl (C=O) groups excluding carboxylic acids is 1. The van der Waals surface area contributed by atoms with Gasteiger partial charge in [0.15, 0.2) is 0 Å². The zero-order chi connectivity index (χ0) is 15.6. The number of nitrogens with zero attached hydrogens (tertiary/aromatic N) is 2. The molecule has 0 saturated carbocycles. The van der Waals surface area contributed by atoms with Gasteiger partial charge >= 0.3 is 0 Å². The molecule has 4 N–H and O–H groups in total. The molecular formula is C15H13ClN4O. The van der Waals surface area contributed by atoms with Crippen molar-refractivity contribution >= 4 is 34.6 Å². The molecule has 2 aromatic carbocycles. The summed E-state index contributed by atoms with van der Waals surface area (Å²) in [4.78, 5) is 13.3. The van der Waals surface area contributed by atoms with Gasteiger partial charge in [-0.1, -0.05) is 11.6 Å². The molecule has 106 valence electrons. The molecule has 0 bridgehead atoms. The van der Waals surface area contributed by atoms with Gasteiger partial charge in [0, 0.05) is 18.4 Å². The van der Waals surface area contributed by atoms with Crippen LogP contribution in [0.5, 0.6) is 0 Å². The molecule has 0 radical (unpaired) electrons. The second-order valence-electron chi connectivity index (χ2n) is 4.48. The fourth-order valence-corrected chi connectivity index (χ4v) is 2.39. The Bertz CT molecular complexity index is 735. The molecule has 2 rings (SSSR count). The zero-order valence-corrected chi connectivity index (χ0v) is 12.1. The minimum atomic E-state index is -0.611. The van der Waals surface area contributed by atoms with E-state index >= 15 is 0 Å². The van der Waals surface area contributed by atoms with Crippen molar-refractivity contribution in [3.8, 4) is 6.07 Å². The number of hydrogen-bond donors (Lipinski definition) is 2. The Hall–Kier alpha value is -2.71. The number of primary amides is 1. The lowest BCUT2D eigenvalue weighted by atomic mass is 10.1. The van der Waals surface area contributed by atoms with Crippen LogP contribution in [0.3, 0.4) is 0 Å². The lowest BCUT2D eigenvalue weighted by Crippen LogP contribution is -2.19. The molecule has 5 nitrogen and oxygen atoms in total. The van der Waals surface area contributed by atoms with E-state index in [1.807, 2.05) is 6.07 Å². The van der Waals surface area contributed by atoms with Crippen LogP contribution >= 0.6 is 11.6 Å². The topological polar surface area (TPSA) is 96.1 Å². The fourth-order valence-electron chi connectivity index (χ4n) is 2.04. The van der Waals surface area contributed by atoms with E-state index in [4.69, 9.17) is 28.3 Å². The van der Waals surface area contributed by atoms with E-state index in [1.165, 1.54) is 6.07 Å². The number of carbonyl (C=O) groups is 1. The van der Waals surface area contributed by atoms with Crippen molar-refractivity contribution in [2.45, 2.75) is 0 Å². The van der Waals surface area contributed by atoms with Gasteiger partial charge in [0.25, 0.3) is 5.91 Å². The zero-order valence-electron chi connectivity index (χ0n) is 11.3. The highest BCUT2D eigenvalue weighted by Gasteiger charge is 2.18. The maximum absolute atomic E-state index is 11.6. The molecule has 0 fully saturated rings. The SMILES string of the molecule is CN(c1ccc(C#N)cc1)c1c(Cl)cc(N)cc1C(N)=O. The highest BCUT2D eigenvalue weighted by atomic mass is 35.5. The Kier molecular flexibility index (Phi) is 4.01. The smallest absolute Gasteiger partial charge is 0.250 e. The Labute approximate surface area is 127 Å². The van der Waals surface area contributed by atoms with Crippen LogP contribution in [0.1, 0.15) is 15.9 Å². The third kappa shape index (κ3) is 2.91. The van der Waals surface area contributed by atoms with Crippen LogP contribution in [-0.2, 0) is 0 Å². The number of amides is 1. The summed E-state index contributed by atoms with van der Waals surface area (Å²) < 4.78 is 0. The summed E-state index contributed by atoms with van der Waals surface area (Å²) in [7, 11) is 1.76. The third-order valence-electron chi connectivity index (χ3n) is 3.07. The minimum absolute atomic E-state index is 0.242. The van der Waals surface area contributed by atoms with Gasteiger partial charge in [-0.2, -0.15) is 5.26 Å². The van der Waals surface area contributed by atoms with Crippen molar-refractivity contribution in [1.29, 1.82) is 5.26 Å². The summed E-state index contributed by atoms with van der Waals surface area (Å²) in [5.74, 6) is -0.611. The van der Waals surface area contributed by atoms with Gasteiger partial charge in [0.05, 0.1) is 27.9 Å². The molecule has 0 unspecified atom stereocenters. The van der Waals surface area contributed by atoms with Gasteiger partial charge in [-0.15, -0.1) is 0 Å². The van der Waals surface area contributed by atoms with E-state index in [9.17, 15) is 4.79 Å². The van der Waals surface area contributed by atoms with Crippen molar-refractivity contribution in [2.24, 2.45) is 5.73 Å². The number of nitriles is 1. The quantitative estimate of drug-likeness (QED) is 0.852. The summed E-state index contributed by atoms with van der Waals surface area (Å²) in [6.07, 6.45) is 0. The first-order chi connectivity index (χ1) is 9.93. The number of hydrogen-bond acceptors (Lipinski definition) is 4. The van der Waals surface area contributed by atoms with Crippen molar-refractivity contribution < 1.29 is 4.79 Å². The largest absolute Gasteiger partial charge is 0.399 e. The summed E-state index contributed by atoms with van der Waals surface area (Å²) in [5.41, 5.74) is 13.5. The van der Waals surface area contributed by atoms with Crippen LogP contribution < -0.4 is 16.4 Å². The average Bonchev–Trinajstić information content (AvgIpc) is 2.46. The van der Waals surface area contributed by atoms with Crippen molar-refractivity contribution in [2.75, 3.05) is 17.7 Å². The monoisotopic (exact) mass is 300 g/mol. The highest BCUT2D eigenvalue weighted by Crippen LogP contribution is 2.35. The molecular weight excluding hydrogens is 288 g/mol. The Balaban J connectivity index is 2.54. The lowest BCUT2D eigenvalue weighted by Gasteiger charge is -2.23. The molecule has 0 spiro atoms. The van der Waals surface area contributed by atoms with E-state index in [2.05, 4.69) is 0 Å². The maximum Gasteiger partial charge on any atom is 0.250 e. The normalized spacial score (nSPS) is 9.95. The summed E-state index contributed by atoms with van der Waals surface area (Å²) >= 11 is 6.20. The standard InChI is InChI=1S/C15H13ClN4O/c1-20(11-4-2-9(8-17)3-5-11)14-12(15(19)21)6-10(18)7-13(14)16/h2-7H,18H2,1H3,(H2,19,21). The van der Waals surface area contributed by atoms with Crippen molar-refractivity contribution in [1.82, 2.24) is 0 Å². The first-order valence-electron chi connectivity index (χ1n) is 6.06. The van der Waals surface area contributed by atoms with Gasteiger partial charge < -0.3 is 16.4 Å². The number of benzene rings is 2. The number of rotatable bonds is 3. The predicted molar refractivity (Wildman–Crippen MR) is 83.6 cm³/mol. The van der Waals surface area contributed by atoms with Crippen molar-refractivity contribution in [3.63, 3.8) is 0 Å². The lowest BCUT2D eigenvalue weighted by molar-refractivity contribution is 0.100. The van der Waals surface area contributed by atoms with E-state index in [0.717, 1.165) is 5.69 Å². The molecule has 0 saturated heterocycles. The van der Waals surface area contributed by atoms with E-state index in [0.29, 0.717) is 22.0 Å². The molecule has 1 amide bonds. The Morgan fingerprint density at radius 1 is 1.29 bits per heavy atom. The molecule has 2 aromatic rings. The number of anilines is 3. The maximum atomic E-state index is 11.6. The van der Waals surface area contributed by atoms with Crippen LogP contribution in [0.4, 0.5) is 17.1 Å². The van der Waals surface area contributed by atoms with E-state index in [1.54, 1.807) is 42.3 Å². The van der Waals surface area contributed by atoms with Gasteiger partial charge in [0.1, 0.15) is 0 Å². The minimum Gasteiger partial charge on any atom is -0.399 e. The second kappa shape index (κ2) is 5.73. The van der Waals surface area contributed by atoms with Crippen LogP contribution in [0.15, 0.2) is 36.4 Å². The molecule has 0 aliphatic carbocycles. The molecule has 0 atom stereocenters. The summed E-state index contributed by atoms with van der Waals surface area (Å²) in [6, 6.07) is 12.0. The van der Waals surface area contributed by atoms with Gasteiger partial charge in [-0.25, -0.2) is 0 Å². The molecule has 21 heavy (non-hydrogen) atoms. The van der Waals surface area contributed by atoms with Crippen LogP contribution in [0.2, 0.25) is 5.02 Å². The molecule has 0 aliphatic heterocycles. The molecule has 6 heteroatoms. The number of nitrogens with two attached hydrogens (primary N) is 2. The summed E-state index contributed by atoms with van der Waals surface area (Å²) in [5, 5.41) is 9.15. The van der Waals surface area contributed by atoms with Crippen LogP contribution in [0.25, 0.3) is 0 Å². The van der Waals surface area contributed by atoms with E-state index in [-0.39, 0.29) is 5.56 Å². The average molecular weight is 301 g/mol. The fraction of sp³-hybridized carbons (Fsp3) is 0.0667. The molecule has 0 heterocycles. The summed E-state index contributed by atoms with van der Waals surface area (Å²) in [6.45, 7) is 0. The molecule has 0 aliphatic rings.